The van der Waals surface area contributed by atoms with Gasteiger partial charge in [-0.15, -0.1) is 0 Å². The highest BCUT2D eigenvalue weighted by atomic mass is 16.5. The summed E-state index contributed by atoms with van der Waals surface area (Å²) in [5.41, 5.74) is -0.0265. The van der Waals surface area contributed by atoms with Gasteiger partial charge in [0.05, 0.1) is 7.11 Å². The molecular formula is C10H19NO3. The number of carbonyl (C=O) groups excluding carboxylic acids is 2. The smallest absolute Gasteiger partial charge is 0.328 e. The van der Waals surface area contributed by atoms with Gasteiger partial charge in [0.2, 0.25) is 5.91 Å². The number of carbonyl (C=O) groups is 2. The summed E-state index contributed by atoms with van der Waals surface area (Å²) in [6.07, 6.45) is 0.569. The molecule has 0 aliphatic rings. The van der Waals surface area contributed by atoms with Crippen molar-refractivity contribution in [3.8, 4) is 0 Å². The van der Waals surface area contributed by atoms with Crippen LogP contribution in [-0.2, 0) is 14.3 Å². The lowest BCUT2D eigenvalue weighted by Crippen LogP contribution is -2.42. The molecule has 4 heteroatoms. The van der Waals surface area contributed by atoms with E-state index in [1.54, 1.807) is 0 Å². The van der Waals surface area contributed by atoms with E-state index in [9.17, 15) is 9.59 Å². The van der Waals surface area contributed by atoms with Crippen LogP contribution >= 0.6 is 0 Å². The normalized spacial score (nSPS) is 13.2. The first kappa shape index (κ1) is 12.9. The molecule has 1 amide bonds. The van der Waals surface area contributed by atoms with E-state index in [-0.39, 0.29) is 11.3 Å². The minimum Gasteiger partial charge on any atom is -0.467 e. The maximum Gasteiger partial charge on any atom is 0.328 e. The van der Waals surface area contributed by atoms with Crippen molar-refractivity contribution < 1.29 is 14.3 Å². The predicted molar refractivity (Wildman–Crippen MR) is 53.7 cm³/mol. The molecule has 0 fully saturated rings. The van der Waals surface area contributed by atoms with Gasteiger partial charge in [-0.05, 0) is 11.8 Å². The summed E-state index contributed by atoms with van der Waals surface area (Å²) < 4.78 is 4.61. The molecular weight excluding hydrogens is 182 g/mol. The second kappa shape index (κ2) is 4.98. The molecule has 0 unspecified atom stereocenters. The van der Waals surface area contributed by atoms with Crippen molar-refractivity contribution in [3.05, 3.63) is 0 Å². The largest absolute Gasteiger partial charge is 0.467 e. The van der Waals surface area contributed by atoms with Gasteiger partial charge < -0.3 is 10.1 Å². The van der Waals surface area contributed by atoms with Gasteiger partial charge in [-0.25, -0.2) is 4.79 Å². The number of nitrogens with one attached hydrogen (secondary N) is 1. The summed E-state index contributed by atoms with van der Waals surface area (Å²) in [7, 11) is 1.32. The van der Waals surface area contributed by atoms with Crippen molar-refractivity contribution >= 4 is 11.9 Å². The lowest BCUT2D eigenvalue weighted by atomic mass is 9.88. The summed E-state index contributed by atoms with van der Waals surface area (Å²) in [5.74, 6) is -0.611. The highest BCUT2D eigenvalue weighted by Gasteiger charge is 2.25. The van der Waals surface area contributed by atoms with E-state index >= 15 is 0 Å². The van der Waals surface area contributed by atoms with Crippen LogP contribution in [0.25, 0.3) is 0 Å². The molecule has 0 saturated heterocycles. The van der Waals surface area contributed by atoms with Crippen LogP contribution in [0, 0.1) is 5.41 Å². The van der Waals surface area contributed by atoms with Crippen LogP contribution in [0.3, 0.4) is 0 Å². The molecule has 14 heavy (non-hydrogen) atoms. The standard InChI is InChI=1S/C10H19NO3/c1-7(12)11-8(9(13)14-5)6-10(2,3)4/h8H,6H2,1-5H3,(H,11,12)/t8-/m0/s1. The Hall–Kier alpha value is -1.06. The number of ether oxygens (including phenoxy) is 1. The van der Waals surface area contributed by atoms with Crippen molar-refractivity contribution in [2.45, 2.75) is 40.2 Å². The molecule has 0 rings (SSSR count). The van der Waals surface area contributed by atoms with Gasteiger partial charge in [-0.2, -0.15) is 0 Å². The summed E-state index contributed by atoms with van der Waals surface area (Å²) >= 11 is 0. The van der Waals surface area contributed by atoms with Gasteiger partial charge in [0, 0.05) is 6.92 Å². The zero-order chi connectivity index (χ0) is 11.4. The maximum atomic E-state index is 11.3. The lowest BCUT2D eigenvalue weighted by Gasteiger charge is -2.24. The van der Waals surface area contributed by atoms with Crippen molar-refractivity contribution in [1.82, 2.24) is 5.32 Å². The van der Waals surface area contributed by atoms with E-state index in [1.807, 2.05) is 20.8 Å². The highest BCUT2D eigenvalue weighted by Crippen LogP contribution is 2.21. The number of esters is 1. The topological polar surface area (TPSA) is 55.4 Å². The zero-order valence-corrected chi connectivity index (χ0v) is 9.51. The predicted octanol–water partition coefficient (Wildman–Crippen LogP) is 1.10. The second-order valence-corrected chi connectivity index (χ2v) is 4.54. The Kier molecular flexibility index (Phi) is 4.60. The van der Waals surface area contributed by atoms with Crippen molar-refractivity contribution in [2.75, 3.05) is 7.11 Å². The van der Waals surface area contributed by atoms with Crippen LogP contribution in [0.4, 0.5) is 0 Å². The Bertz CT molecular complexity index is 218. The first-order chi connectivity index (χ1) is 6.26. The third-order valence-electron chi connectivity index (χ3n) is 1.68. The monoisotopic (exact) mass is 201 g/mol. The van der Waals surface area contributed by atoms with E-state index in [2.05, 4.69) is 10.1 Å². The fraction of sp³-hybridized carbons (Fsp3) is 0.800. The van der Waals surface area contributed by atoms with Crippen molar-refractivity contribution in [1.29, 1.82) is 0 Å². The molecule has 0 aliphatic carbocycles. The Labute approximate surface area is 85.0 Å². The van der Waals surface area contributed by atoms with Crippen LogP contribution in [0.2, 0.25) is 0 Å². The molecule has 0 aromatic rings. The van der Waals surface area contributed by atoms with Crippen molar-refractivity contribution in [2.24, 2.45) is 5.41 Å². The van der Waals surface area contributed by atoms with Crippen molar-refractivity contribution in [3.63, 3.8) is 0 Å². The highest BCUT2D eigenvalue weighted by molar-refractivity contribution is 5.83. The van der Waals surface area contributed by atoms with E-state index in [4.69, 9.17) is 0 Å². The summed E-state index contributed by atoms with van der Waals surface area (Å²) in [5, 5.41) is 2.57. The molecule has 0 aliphatic heterocycles. The molecule has 1 atom stereocenters. The number of amides is 1. The van der Waals surface area contributed by atoms with Gasteiger partial charge in [-0.1, -0.05) is 20.8 Å². The minimum atomic E-state index is -0.544. The molecule has 0 heterocycles. The van der Waals surface area contributed by atoms with Crippen LogP contribution in [0.5, 0.6) is 0 Å². The lowest BCUT2D eigenvalue weighted by molar-refractivity contribution is -0.145. The molecule has 0 radical (unpaired) electrons. The third kappa shape index (κ3) is 5.56. The molecule has 82 valence electrons. The molecule has 4 nitrogen and oxygen atoms in total. The number of hydrogen-bond acceptors (Lipinski definition) is 3. The maximum absolute atomic E-state index is 11.3. The van der Waals surface area contributed by atoms with E-state index in [0.717, 1.165) is 0 Å². The third-order valence-corrected chi connectivity index (χ3v) is 1.68. The fourth-order valence-corrected chi connectivity index (χ4v) is 1.19. The Morgan fingerprint density at radius 2 is 1.86 bits per heavy atom. The Morgan fingerprint density at radius 3 is 2.14 bits per heavy atom. The summed E-state index contributed by atoms with van der Waals surface area (Å²) in [6, 6.07) is -0.544. The summed E-state index contributed by atoms with van der Waals surface area (Å²) in [4.78, 5) is 22.1. The number of hydrogen-bond donors (Lipinski definition) is 1. The number of methoxy groups -OCH3 is 1. The zero-order valence-electron chi connectivity index (χ0n) is 9.51. The van der Waals surface area contributed by atoms with Gasteiger partial charge in [0.1, 0.15) is 6.04 Å². The van der Waals surface area contributed by atoms with E-state index < -0.39 is 12.0 Å². The molecule has 1 N–H and O–H groups in total. The average molecular weight is 201 g/mol. The van der Waals surface area contributed by atoms with Crippen LogP contribution in [-0.4, -0.2) is 25.0 Å². The van der Waals surface area contributed by atoms with Crippen LogP contribution in [0.15, 0.2) is 0 Å². The quantitative estimate of drug-likeness (QED) is 0.696. The molecule has 0 aromatic heterocycles. The second-order valence-electron chi connectivity index (χ2n) is 4.54. The first-order valence-electron chi connectivity index (χ1n) is 4.61. The molecule has 0 bridgehead atoms. The average Bonchev–Trinajstić information content (AvgIpc) is 1.98. The first-order valence-corrected chi connectivity index (χ1v) is 4.61. The van der Waals surface area contributed by atoms with E-state index in [0.29, 0.717) is 6.42 Å². The Balaban J connectivity index is 4.40. The SMILES string of the molecule is COC(=O)[C@H](CC(C)(C)C)NC(C)=O. The van der Waals surface area contributed by atoms with Crippen LogP contribution < -0.4 is 5.32 Å². The van der Waals surface area contributed by atoms with Gasteiger partial charge in [0.15, 0.2) is 0 Å². The summed E-state index contributed by atoms with van der Waals surface area (Å²) in [6.45, 7) is 7.40. The molecule has 0 aromatic carbocycles. The van der Waals surface area contributed by atoms with Gasteiger partial charge in [0.25, 0.3) is 0 Å². The number of rotatable bonds is 3. The fourth-order valence-electron chi connectivity index (χ4n) is 1.19. The van der Waals surface area contributed by atoms with Gasteiger partial charge >= 0.3 is 5.97 Å². The molecule has 0 spiro atoms. The molecule has 0 saturated carbocycles. The minimum absolute atomic E-state index is 0.0265. The van der Waals surface area contributed by atoms with Gasteiger partial charge in [-0.3, -0.25) is 4.79 Å². The van der Waals surface area contributed by atoms with E-state index in [1.165, 1.54) is 14.0 Å². The van der Waals surface area contributed by atoms with Crippen LogP contribution in [0.1, 0.15) is 34.1 Å². The Morgan fingerprint density at radius 1 is 1.36 bits per heavy atom.